The predicted octanol–water partition coefficient (Wildman–Crippen LogP) is 2.21. The molecule has 0 saturated carbocycles. The van der Waals surface area contributed by atoms with Gasteiger partial charge in [-0.3, -0.25) is 14.4 Å². The van der Waals surface area contributed by atoms with E-state index in [9.17, 15) is 14.4 Å². The van der Waals surface area contributed by atoms with Crippen molar-refractivity contribution in [3.05, 3.63) is 35.4 Å². The molecule has 0 aliphatic heterocycles. The van der Waals surface area contributed by atoms with E-state index in [-0.39, 0.29) is 30.1 Å². The van der Waals surface area contributed by atoms with Crippen LogP contribution < -0.4 is 10.6 Å². The minimum atomic E-state index is -0.629. The minimum Gasteiger partial charge on any atom is -0.466 e. The summed E-state index contributed by atoms with van der Waals surface area (Å²) in [6.07, 6.45) is 0.761. The monoisotopic (exact) mass is 348 g/mol. The van der Waals surface area contributed by atoms with E-state index in [0.29, 0.717) is 25.1 Å². The van der Waals surface area contributed by atoms with E-state index in [0.717, 1.165) is 5.56 Å². The molecule has 1 aromatic carbocycles. The van der Waals surface area contributed by atoms with E-state index in [1.807, 2.05) is 32.9 Å². The van der Waals surface area contributed by atoms with Crippen molar-refractivity contribution in [2.24, 2.45) is 5.92 Å². The number of ether oxygens (including phenoxy) is 1. The zero-order valence-electron chi connectivity index (χ0n) is 15.4. The van der Waals surface area contributed by atoms with Crippen molar-refractivity contribution in [3.63, 3.8) is 0 Å². The van der Waals surface area contributed by atoms with Gasteiger partial charge in [0.05, 0.1) is 6.61 Å². The number of carbonyl (C=O) groups excluding carboxylic acids is 3. The highest BCUT2D eigenvalue weighted by molar-refractivity contribution is 5.97. The summed E-state index contributed by atoms with van der Waals surface area (Å²) in [6.45, 7) is 8.13. The Morgan fingerprint density at radius 1 is 1.20 bits per heavy atom. The Kier molecular flexibility index (Phi) is 8.67. The normalized spacial score (nSPS) is 11.7. The number of carbonyl (C=O) groups is 3. The van der Waals surface area contributed by atoms with Crippen LogP contribution >= 0.6 is 0 Å². The summed E-state index contributed by atoms with van der Waals surface area (Å²) in [4.78, 5) is 36.0. The maximum absolute atomic E-state index is 12.4. The lowest BCUT2D eigenvalue weighted by Crippen LogP contribution is -2.49. The molecule has 0 aliphatic carbocycles. The summed E-state index contributed by atoms with van der Waals surface area (Å²) in [5.74, 6) is -0.854. The van der Waals surface area contributed by atoms with E-state index in [1.54, 1.807) is 19.1 Å². The van der Waals surface area contributed by atoms with Crippen LogP contribution in [0.25, 0.3) is 0 Å². The molecular formula is C19H28N2O4. The molecule has 2 N–H and O–H groups in total. The number of rotatable bonds is 9. The molecule has 1 aromatic rings. The molecule has 6 nitrogen and oxygen atoms in total. The molecule has 0 bridgehead atoms. The second-order valence-electron chi connectivity index (χ2n) is 6.26. The van der Waals surface area contributed by atoms with Gasteiger partial charge in [0.2, 0.25) is 5.91 Å². The maximum Gasteiger partial charge on any atom is 0.305 e. The molecule has 0 spiro atoms. The number of hydrogen-bond acceptors (Lipinski definition) is 4. The van der Waals surface area contributed by atoms with E-state index in [1.165, 1.54) is 0 Å². The predicted molar refractivity (Wildman–Crippen MR) is 96.1 cm³/mol. The van der Waals surface area contributed by atoms with Crippen LogP contribution in [0.3, 0.4) is 0 Å². The Morgan fingerprint density at radius 3 is 2.52 bits per heavy atom. The lowest BCUT2D eigenvalue weighted by molar-refractivity contribution is -0.143. The SMILES string of the molecule is CCOC(=O)CCCNC(=O)C(NC(=O)c1cccc(C)c1)C(C)C. The maximum atomic E-state index is 12.4. The Bertz CT molecular complexity index is 599. The lowest BCUT2D eigenvalue weighted by atomic mass is 10.0. The first-order valence-electron chi connectivity index (χ1n) is 8.66. The van der Waals surface area contributed by atoms with Crippen LogP contribution in [0, 0.1) is 12.8 Å². The summed E-state index contributed by atoms with van der Waals surface area (Å²) in [5.41, 5.74) is 1.51. The molecule has 0 fully saturated rings. The molecule has 6 heteroatoms. The fraction of sp³-hybridized carbons (Fsp3) is 0.526. The first kappa shape index (κ1) is 20.7. The van der Waals surface area contributed by atoms with Gasteiger partial charge in [0.15, 0.2) is 0 Å². The number of hydrogen-bond donors (Lipinski definition) is 2. The van der Waals surface area contributed by atoms with Crippen molar-refractivity contribution in [1.29, 1.82) is 0 Å². The smallest absolute Gasteiger partial charge is 0.305 e. The van der Waals surface area contributed by atoms with Crippen molar-refractivity contribution >= 4 is 17.8 Å². The van der Waals surface area contributed by atoms with Crippen molar-refractivity contribution < 1.29 is 19.1 Å². The summed E-state index contributed by atoms with van der Waals surface area (Å²) in [5, 5.41) is 5.56. The number of esters is 1. The average molecular weight is 348 g/mol. The number of aryl methyl sites for hydroxylation is 1. The third-order valence-electron chi connectivity index (χ3n) is 3.68. The van der Waals surface area contributed by atoms with Gasteiger partial charge in [-0.15, -0.1) is 0 Å². The molecule has 0 saturated heterocycles. The second kappa shape index (κ2) is 10.5. The number of amides is 2. The molecule has 0 heterocycles. The van der Waals surface area contributed by atoms with Crippen molar-refractivity contribution in [3.8, 4) is 0 Å². The summed E-state index contributed by atoms with van der Waals surface area (Å²) in [7, 11) is 0. The van der Waals surface area contributed by atoms with Gasteiger partial charge >= 0.3 is 5.97 Å². The first-order valence-corrected chi connectivity index (χ1v) is 8.66. The lowest BCUT2D eigenvalue weighted by Gasteiger charge is -2.22. The largest absolute Gasteiger partial charge is 0.466 e. The number of nitrogens with one attached hydrogen (secondary N) is 2. The Labute approximate surface area is 149 Å². The topological polar surface area (TPSA) is 84.5 Å². The van der Waals surface area contributed by atoms with Crippen LogP contribution in [0.1, 0.15) is 49.5 Å². The molecule has 1 rings (SSSR count). The van der Waals surface area contributed by atoms with Gasteiger partial charge < -0.3 is 15.4 Å². The number of benzene rings is 1. The third-order valence-corrected chi connectivity index (χ3v) is 3.68. The van der Waals surface area contributed by atoms with Gasteiger partial charge in [-0.05, 0) is 38.3 Å². The second-order valence-corrected chi connectivity index (χ2v) is 6.26. The Hall–Kier alpha value is -2.37. The van der Waals surface area contributed by atoms with Gasteiger partial charge in [-0.2, -0.15) is 0 Å². The molecule has 1 atom stereocenters. The molecule has 25 heavy (non-hydrogen) atoms. The van der Waals surface area contributed by atoms with Crippen molar-refractivity contribution in [2.75, 3.05) is 13.2 Å². The van der Waals surface area contributed by atoms with Gasteiger partial charge in [0, 0.05) is 18.5 Å². The highest BCUT2D eigenvalue weighted by atomic mass is 16.5. The fourth-order valence-corrected chi connectivity index (χ4v) is 2.33. The molecular weight excluding hydrogens is 320 g/mol. The molecule has 1 unspecified atom stereocenters. The Balaban J connectivity index is 2.53. The fourth-order valence-electron chi connectivity index (χ4n) is 2.33. The van der Waals surface area contributed by atoms with Crippen LogP contribution in [-0.2, 0) is 14.3 Å². The zero-order valence-corrected chi connectivity index (χ0v) is 15.4. The molecule has 2 amide bonds. The summed E-state index contributed by atoms with van der Waals surface area (Å²) >= 11 is 0. The molecule has 0 aromatic heterocycles. The molecule has 0 radical (unpaired) electrons. The van der Waals surface area contributed by atoms with Gasteiger partial charge in [-0.1, -0.05) is 31.5 Å². The van der Waals surface area contributed by atoms with E-state index < -0.39 is 6.04 Å². The van der Waals surface area contributed by atoms with Gasteiger partial charge in [-0.25, -0.2) is 0 Å². The highest BCUT2D eigenvalue weighted by Crippen LogP contribution is 2.07. The highest BCUT2D eigenvalue weighted by Gasteiger charge is 2.24. The van der Waals surface area contributed by atoms with Crippen LogP contribution in [0.4, 0.5) is 0 Å². The van der Waals surface area contributed by atoms with Crippen molar-refractivity contribution in [1.82, 2.24) is 10.6 Å². The van der Waals surface area contributed by atoms with Crippen molar-refractivity contribution in [2.45, 2.75) is 46.6 Å². The standard InChI is InChI=1S/C19H28N2O4/c1-5-25-16(22)10-7-11-20-19(24)17(13(2)3)21-18(23)15-9-6-8-14(4)12-15/h6,8-9,12-13,17H,5,7,10-11H2,1-4H3,(H,20,24)(H,21,23). The Morgan fingerprint density at radius 2 is 1.92 bits per heavy atom. The van der Waals surface area contributed by atoms with E-state index in [4.69, 9.17) is 4.74 Å². The van der Waals surface area contributed by atoms with Crippen LogP contribution in [0.2, 0.25) is 0 Å². The van der Waals surface area contributed by atoms with Gasteiger partial charge in [0.25, 0.3) is 5.91 Å². The van der Waals surface area contributed by atoms with E-state index in [2.05, 4.69) is 10.6 Å². The molecule has 0 aliphatic rings. The first-order chi connectivity index (χ1) is 11.8. The average Bonchev–Trinajstić information content (AvgIpc) is 2.56. The van der Waals surface area contributed by atoms with Gasteiger partial charge in [0.1, 0.15) is 6.04 Å². The minimum absolute atomic E-state index is 0.0567. The molecule has 138 valence electrons. The summed E-state index contributed by atoms with van der Waals surface area (Å²) < 4.78 is 4.84. The quantitative estimate of drug-likeness (QED) is 0.529. The zero-order chi connectivity index (χ0) is 18.8. The summed E-state index contributed by atoms with van der Waals surface area (Å²) in [6, 6.07) is 6.59. The van der Waals surface area contributed by atoms with E-state index >= 15 is 0 Å². The van der Waals surface area contributed by atoms with Crippen LogP contribution in [-0.4, -0.2) is 37.0 Å². The van der Waals surface area contributed by atoms with Crippen LogP contribution in [0.15, 0.2) is 24.3 Å². The third kappa shape index (κ3) is 7.37. The van der Waals surface area contributed by atoms with Crippen LogP contribution in [0.5, 0.6) is 0 Å².